The Hall–Kier alpha value is -2.25. The van der Waals surface area contributed by atoms with E-state index >= 15 is 0 Å². The normalized spacial score (nSPS) is 12.6. The van der Waals surface area contributed by atoms with Crippen molar-refractivity contribution in [1.29, 1.82) is 0 Å². The lowest BCUT2D eigenvalue weighted by Gasteiger charge is -2.15. The molecule has 0 amide bonds. The van der Waals surface area contributed by atoms with E-state index in [1.54, 1.807) is 19.9 Å². The van der Waals surface area contributed by atoms with Crippen molar-refractivity contribution < 1.29 is 22.3 Å². The first-order valence-corrected chi connectivity index (χ1v) is 8.87. The molecular formula is C17H18FNO4S. The molecule has 0 radical (unpaired) electrons. The number of hydrogen-bond acceptors (Lipinski definition) is 4. The Morgan fingerprint density at radius 2 is 1.79 bits per heavy atom. The second-order valence-electron chi connectivity index (χ2n) is 5.11. The second kappa shape index (κ2) is 7.55. The lowest BCUT2D eigenvalue weighted by molar-refractivity contribution is 0.0526. The summed E-state index contributed by atoms with van der Waals surface area (Å²) in [7, 11) is -3.85. The van der Waals surface area contributed by atoms with Crippen molar-refractivity contribution in [3.63, 3.8) is 0 Å². The van der Waals surface area contributed by atoms with Crippen LogP contribution in [-0.2, 0) is 14.8 Å². The fourth-order valence-electron chi connectivity index (χ4n) is 2.18. The smallest absolute Gasteiger partial charge is 0.338 e. The van der Waals surface area contributed by atoms with Gasteiger partial charge in [0.1, 0.15) is 5.82 Å². The Morgan fingerprint density at radius 1 is 1.17 bits per heavy atom. The number of rotatable bonds is 6. The van der Waals surface area contributed by atoms with Crippen molar-refractivity contribution in [3.05, 3.63) is 65.5 Å². The topological polar surface area (TPSA) is 72.5 Å². The summed E-state index contributed by atoms with van der Waals surface area (Å²) >= 11 is 0. The van der Waals surface area contributed by atoms with Crippen LogP contribution in [0.5, 0.6) is 0 Å². The molecule has 2 rings (SSSR count). The third-order valence-corrected chi connectivity index (χ3v) is 4.94. The van der Waals surface area contributed by atoms with Crippen LogP contribution in [-0.4, -0.2) is 21.0 Å². The molecule has 1 atom stereocenters. The maximum atomic E-state index is 13.7. The first-order valence-electron chi connectivity index (χ1n) is 7.39. The number of sulfonamides is 1. The van der Waals surface area contributed by atoms with Gasteiger partial charge in [-0.1, -0.05) is 18.2 Å². The van der Waals surface area contributed by atoms with Gasteiger partial charge in [-0.25, -0.2) is 22.3 Å². The predicted octanol–water partition coefficient (Wildman–Crippen LogP) is 3.04. The molecule has 0 bridgehead atoms. The molecule has 5 nitrogen and oxygen atoms in total. The van der Waals surface area contributed by atoms with Crippen LogP contribution in [0.4, 0.5) is 4.39 Å². The summed E-state index contributed by atoms with van der Waals surface area (Å²) in [6.45, 7) is 3.48. The number of ether oxygens (including phenoxy) is 1. The van der Waals surface area contributed by atoms with Crippen molar-refractivity contribution in [2.45, 2.75) is 24.8 Å². The highest BCUT2D eigenvalue weighted by Gasteiger charge is 2.20. The summed E-state index contributed by atoms with van der Waals surface area (Å²) in [4.78, 5) is 11.6. The van der Waals surface area contributed by atoms with Gasteiger partial charge in [-0.3, -0.25) is 0 Å². The van der Waals surface area contributed by atoms with E-state index < -0.39 is 27.9 Å². The average molecular weight is 351 g/mol. The standard InChI is InChI=1S/C17H18FNO4S/c1-3-23-17(20)13-8-10-14(11-9-13)24(21,22)19-12(2)15-6-4-5-7-16(15)18/h4-12,19H,3H2,1-2H3. The Kier molecular flexibility index (Phi) is 5.69. The molecule has 7 heteroatoms. The van der Waals surface area contributed by atoms with Gasteiger partial charge in [0, 0.05) is 11.6 Å². The molecular weight excluding hydrogens is 333 g/mol. The van der Waals surface area contributed by atoms with Crippen molar-refractivity contribution in [2.24, 2.45) is 0 Å². The van der Waals surface area contributed by atoms with E-state index in [2.05, 4.69) is 4.72 Å². The molecule has 2 aromatic rings. The highest BCUT2D eigenvalue weighted by molar-refractivity contribution is 7.89. The molecule has 1 N–H and O–H groups in total. The maximum Gasteiger partial charge on any atom is 0.338 e. The van der Waals surface area contributed by atoms with Crippen molar-refractivity contribution >= 4 is 16.0 Å². The van der Waals surface area contributed by atoms with Crippen LogP contribution in [0, 0.1) is 5.82 Å². The minimum Gasteiger partial charge on any atom is -0.462 e. The van der Waals surface area contributed by atoms with Crippen molar-refractivity contribution in [1.82, 2.24) is 4.72 Å². The predicted molar refractivity (Wildman–Crippen MR) is 87.5 cm³/mol. The lowest BCUT2D eigenvalue weighted by Crippen LogP contribution is -2.27. The van der Waals surface area contributed by atoms with Crippen LogP contribution in [0.25, 0.3) is 0 Å². The zero-order valence-electron chi connectivity index (χ0n) is 13.3. The van der Waals surface area contributed by atoms with Crippen LogP contribution in [0.3, 0.4) is 0 Å². The highest BCUT2D eigenvalue weighted by atomic mass is 32.2. The second-order valence-corrected chi connectivity index (χ2v) is 6.82. The van der Waals surface area contributed by atoms with E-state index in [4.69, 9.17) is 4.74 Å². The molecule has 0 spiro atoms. The van der Waals surface area contributed by atoms with Gasteiger partial charge in [-0.2, -0.15) is 0 Å². The minimum absolute atomic E-state index is 0.0151. The summed E-state index contributed by atoms with van der Waals surface area (Å²) in [5.41, 5.74) is 0.516. The molecule has 2 aromatic carbocycles. The zero-order valence-corrected chi connectivity index (χ0v) is 14.1. The van der Waals surface area contributed by atoms with Gasteiger partial charge in [0.15, 0.2) is 0 Å². The van der Waals surface area contributed by atoms with Gasteiger partial charge in [-0.05, 0) is 44.2 Å². The number of nitrogens with one attached hydrogen (secondary N) is 1. The summed E-state index contributed by atoms with van der Waals surface area (Å²) < 4.78 is 45.8. The number of benzene rings is 2. The molecule has 128 valence electrons. The summed E-state index contributed by atoms with van der Waals surface area (Å²) in [6.07, 6.45) is 0. The average Bonchev–Trinajstić information content (AvgIpc) is 2.55. The fraction of sp³-hybridized carbons (Fsp3) is 0.235. The summed E-state index contributed by atoms with van der Waals surface area (Å²) in [5.74, 6) is -1.00. The molecule has 0 saturated heterocycles. The number of esters is 1. The molecule has 0 aliphatic carbocycles. The van der Waals surface area contributed by atoms with Gasteiger partial charge in [-0.15, -0.1) is 0 Å². The molecule has 0 saturated carbocycles. The van der Waals surface area contributed by atoms with Gasteiger partial charge in [0.25, 0.3) is 0 Å². The van der Waals surface area contributed by atoms with Gasteiger partial charge in [0.2, 0.25) is 10.0 Å². The SMILES string of the molecule is CCOC(=O)c1ccc(S(=O)(=O)NC(C)c2ccccc2F)cc1. The van der Waals surface area contributed by atoms with Crippen LogP contribution in [0.1, 0.15) is 35.8 Å². The maximum absolute atomic E-state index is 13.7. The number of hydrogen-bond donors (Lipinski definition) is 1. The Balaban J connectivity index is 2.18. The molecule has 0 fully saturated rings. The number of carbonyl (C=O) groups is 1. The van der Waals surface area contributed by atoms with Gasteiger partial charge in [0.05, 0.1) is 17.1 Å². The summed E-state index contributed by atoms with van der Waals surface area (Å²) in [6, 6.07) is 10.6. The van der Waals surface area contributed by atoms with E-state index in [9.17, 15) is 17.6 Å². The molecule has 0 aliphatic rings. The molecule has 0 heterocycles. The van der Waals surface area contributed by atoms with Crippen LogP contribution in [0.2, 0.25) is 0 Å². The van der Waals surface area contributed by atoms with E-state index in [0.717, 1.165) is 0 Å². The molecule has 24 heavy (non-hydrogen) atoms. The van der Waals surface area contributed by atoms with E-state index in [0.29, 0.717) is 0 Å². The minimum atomic E-state index is -3.85. The highest BCUT2D eigenvalue weighted by Crippen LogP contribution is 2.20. The zero-order chi connectivity index (χ0) is 17.7. The Bertz CT molecular complexity index is 819. The van der Waals surface area contributed by atoms with Gasteiger partial charge >= 0.3 is 5.97 Å². The van der Waals surface area contributed by atoms with E-state index in [-0.39, 0.29) is 22.6 Å². The van der Waals surface area contributed by atoms with Crippen LogP contribution in [0.15, 0.2) is 53.4 Å². The Morgan fingerprint density at radius 3 is 2.38 bits per heavy atom. The monoisotopic (exact) mass is 351 g/mol. The van der Waals surface area contributed by atoms with Crippen LogP contribution >= 0.6 is 0 Å². The first-order chi connectivity index (χ1) is 11.3. The van der Waals surface area contributed by atoms with E-state index in [1.165, 1.54) is 42.5 Å². The third kappa shape index (κ3) is 4.18. The lowest BCUT2D eigenvalue weighted by atomic mass is 10.1. The quantitative estimate of drug-likeness (QED) is 0.812. The molecule has 1 unspecified atom stereocenters. The Labute approximate surface area is 140 Å². The third-order valence-electron chi connectivity index (χ3n) is 3.38. The fourth-order valence-corrected chi connectivity index (χ4v) is 3.40. The number of halogens is 1. The summed E-state index contributed by atoms with van der Waals surface area (Å²) in [5, 5.41) is 0. The van der Waals surface area contributed by atoms with E-state index in [1.807, 2.05) is 0 Å². The van der Waals surface area contributed by atoms with Crippen molar-refractivity contribution in [3.8, 4) is 0 Å². The first kappa shape index (κ1) is 18.1. The van der Waals surface area contributed by atoms with Gasteiger partial charge < -0.3 is 4.74 Å². The van der Waals surface area contributed by atoms with Crippen LogP contribution < -0.4 is 4.72 Å². The molecule has 0 aromatic heterocycles. The largest absolute Gasteiger partial charge is 0.462 e. The number of carbonyl (C=O) groups excluding carboxylic acids is 1. The molecule has 0 aliphatic heterocycles. The van der Waals surface area contributed by atoms with Crippen molar-refractivity contribution in [2.75, 3.05) is 6.61 Å².